The fourth-order valence-electron chi connectivity index (χ4n) is 1.52. The number of carboxylic acids is 1. The van der Waals surface area contributed by atoms with E-state index >= 15 is 0 Å². The zero-order chi connectivity index (χ0) is 14.3. The lowest BCUT2D eigenvalue weighted by Gasteiger charge is -2.11. The Labute approximate surface area is 112 Å². The molecule has 1 unspecified atom stereocenters. The molecular formula is C12H21N3O4. The summed E-state index contributed by atoms with van der Waals surface area (Å²) in [5.41, 5.74) is 0. The Morgan fingerprint density at radius 2 is 1.95 bits per heavy atom. The van der Waals surface area contributed by atoms with Crippen molar-refractivity contribution in [3.63, 3.8) is 0 Å². The van der Waals surface area contributed by atoms with Gasteiger partial charge in [0.15, 0.2) is 0 Å². The standard InChI is InChI=1S/C12H21N3O4/c1-8(6-11(17)18)7-14-12(19)13-5-4-10(16)15-9-2-3-9/h8-9H,2-7H2,1H3,(H,15,16)(H,17,18)(H2,13,14,19). The third-order valence-corrected chi connectivity index (χ3v) is 2.71. The van der Waals surface area contributed by atoms with Gasteiger partial charge in [-0.1, -0.05) is 6.92 Å². The van der Waals surface area contributed by atoms with Crippen LogP contribution in [0.15, 0.2) is 0 Å². The Hall–Kier alpha value is -1.79. The molecule has 19 heavy (non-hydrogen) atoms. The van der Waals surface area contributed by atoms with Gasteiger partial charge in [0.1, 0.15) is 0 Å². The van der Waals surface area contributed by atoms with Gasteiger partial charge in [-0.25, -0.2) is 4.79 Å². The second-order valence-corrected chi connectivity index (χ2v) is 4.93. The molecule has 1 fully saturated rings. The SMILES string of the molecule is CC(CNC(=O)NCCC(=O)NC1CC1)CC(=O)O. The molecule has 0 aromatic heterocycles. The molecule has 7 heteroatoms. The van der Waals surface area contributed by atoms with Crippen molar-refractivity contribution in [2.24, 2.45) is 5.92 Å². The van der Waals surface area contributed by atoms with Gasteiger partial charge in [-0.3, -0.25) is 9.59 Å². The maximum absolute atomic E-state index is 11.3. The number of hydrogen-bond donors (Lipinski definition) is 4. The second-order valence-electron chi connectivity index (χ2n) is 4.93. The number of rotatable bonds is 8. The van der Waals surface area contributed by atoms with Crippen LogP contribution >= 0.6 is 0 Å². The first-order valence-electron chi connectivity index (χ1n) is 6.50. The van der Waals surface area contributed by atoms with E-state index in [0.29, 0.717) is 12.6 Å². The van der Waals surface area contributed by atoms with Crippen molar-refractivity contribution in [1.29, 1.82) is 0 Å². The molecule has 1 saturated carbocycles. The minimum absolute atomic E-state index is 0.0179. The predicted molar refractivity (Wildman–Crippen MR) is 68.6 cm³/mol. The summed E-state index contributed by atoms with van der Waals surface area (Å²) in [7, 11) is 0. The fourth-order valence-corrected chi connectivity index (χ4v) is 1.52. The molecule has 0 heterocycles. The summed E-state index contributed by atoms with van der Waals surface area (Å²) in [6, 6.07) is -0.0466. The van der Waals surface area contributed by atoms with Gasteiger partial charge in [0.25, 0.3) is 0 Å². The topological polar surface area (TPSA) is 108 Å². The van der Waals surface area contributed by atoms with E-state index in [9.17, 15) is 14.4 Å². The van der Waals surface area contributed by atoms with Gasteiger partial charge in [0.05, 0.1) is 0 Å². The zero-order valence-electron chi connectivity index (χ0n) is 11.1. The van der Waals surface area contributed by atoms with Crippen LogP contribution in [-0.4, -0.2) is 42.1 Å². The first-order valence-corrected chi connectivity index (χ1v) is 6.50. The number of hydrogen-bond acceptors (Lipinski definition) is 3. The normalized spacial score (nSPS) is 15.4. The number of carbonyl (C=O) groups is 3. The monoisotopic (exact) mass is 271 g/mol. The summed E-state index contributed by atoms with van der Waals surface area (Å²) < 4.78 is 0. The van der Waals surface area contributed by atoms with E-state index in [1.54, 1.807) is 6.92 Å². The van der Waals surface area contributed by atoms with Crippen LogP contribution in [0.5, 0.6) is 0 Å². The second kappa shape index (κ2) is 7.60. The van der Waals surface area contributed by atoms with Crippen molar-refractivity contribution in [3.8, 4) is 0 Å². The summed E-state index contributed by atoms with van der Waals surface area (Å²) in [5.74, 6) is -1.06. The molecule has 3 amide bonds. The molecule has 0 saturated heterocycles. The third-order valence-electron chi connectivity index (χ3n) is 2.71. The van der Waals surface area contributed by atoms with Gasteiger partial charge in [-0.15, -0.1) is 0 Å². The first-order chi connectivity index (χ1) is 8.97. The highest BCUT2D eigenvalue weighted by molar-refractivity contribution is 5.78. The highest BCUT2D eigenvalue weighted by Crippen LogP contribution is 2.18. The molecule has 0 aromatic rings. The van der Waals surface area contributed by atoms with Crippen molar-refractivity contribution in [3.05, 3.63) is 0 Å². The van der Waals surface area contributed by atoms with Gasteiger partial charge < -0.3 is 21.1 Å². The van der Waals surface area contributed by atoms with Crippen LogP contribution in [0.3, 0.4) is 0 Å². The summed E-state index contributed by atoms with van der Waals surface area (Å²) in [6.07, 6.45) is 2.36. The highest BCUT2D eigenvalue weighted by Gasteiger charge is 2.22. The summed E-state index contributed by atoms with van der Waals surface area (Å²) in [4.78, 5) is 33.1. The number of amides is 3. The Morgan fingerprint density at radius 1 is 1.26 bits per heavy atom. The van der Waals surface area contributed by atoms with Crippen LogP contribution in [0.1, 0.15) is 32.6 Å². The van der Waals surface area contributed by atoms with Gasteiger partial charge in [-0.2, -0.15) is 0 Å². The zero-order valence-corrected chi connectivity index (χ0v) is 11.1. The minimum Gasteiger partial charge on any atom is -0.481 e. The first kappa shape index (κ1) is 15.3. The summed E-state index contributed by atoms with van der Waals surface area (Å²) in [6.45, 7) is 2.32. The molecule has 0 aliphatic heterocycles. The summed E-state index contributed by atoms with van der Waals surface area (Å²) in [5, 5.41) is 16.5. The van der Waals surface area contributed by atoms with Crippen molar-refractivity contribution in [2.75, 3.05) is 13.1 Å². The van der Waals surface area contributed by atoms with Crippen LogP contribution in [0.25, 0.3) is 0 Å². The lowest BCUT2D eigenvalue weighted by atomic mass is 10.1. The van der Waals surface area contributed by atoms with Gasteiger partial charge in [0.2, 0.25) is 5.91 Å². The molecule has 7 nitrogen and oxygen atoms in total. The smallest absolute Gasteiger partial charge is 0.314 e. The van der Waals surface area contributed by atoms with E-state index in [0.717, 1.165) is 12.8 Å². The van der Waals surface area contributed by atoms with E-state index < -0.39 is 5.97 Å². The van der Waals surface area contributed by atoms with Gasteiger partial charge in [-0.05, 0) is 18.8 Å². The minimum atomic E-state index is -0.883. The Bertz CT molecular complexity index is 342. The van der Waals surface area contributed by atoms with Gasteiger partial charge in [0, 0.05) is 32.0 Å². The maximum Gasteiger partial charge on any atom is 0.314 e. The van der Waals surface area contributed by atoms with Crippen molar-refractivity contribution in [2.45, 2.75) is 38.6 Å². The number of carbonyl (C=O) groups excluding carboxylic acids is 2. The molecule has 1 atom stereocenters. The van der Waals surface area contributed by atoms with E-state index in [1.165, 1.54) is 0 Å². The molecule has 1 rings (SSSR count). The molecule has 108 valence electrons. The van der Waals surface area contributed by atoms with Crippen molar-refractivity contribution < 1.29 is 19.5 Å². The number of aliphatic carboxylic acids is 1. The summed E-state index contributed by atoms with van der Waals surface area (Å²) >= 11 is 0. The quantitative estimate of drug-likeness (QED) is 0.501. The molecule has 1 aliphatic rings. The molecule has 1 aliphatic carbocycles. The van der Waals surface area contributed by atoms with Gasteiger partial charge >= 0.3 is 12.0 Å². The average Bonchev–Trinajstić information content (AvgIpc) is 3.09. The number of carboxylic acid groups (broad SMARTS) is 1. The predicted octanol–water partition coefficient (Wildman–Crippen LogP) is 0.0651. The van der Waals surface area contributed by atoms with E-state index in [1.807, 2.05) is 0 Å². The fraction of sp³-hybridized carbons (Fsp3) is 0.750. The molecule has 0 aromatic carbocycles. The Kier molecular flexibility index (Phi) is 6.11. The molecule has 4 N–H and O–H groups in total. The third kappa shape index (κ3) is 8.01. The average molecular weight is 271 g/mol. The van der Waals surface area contributed by atoms with E-state index in [4.69, 9.17) is 5.11 Å². The largest absolute Gasteiger partial charge is 0.481 e. The number of urea groups is 1. The van der Waals surface area contributed by atoms with E-state index in [-0.39, 0.29) is 37.2 Å². The molecular weight excluding hydrogens is 250 g/mol. The van der Waals surface area contributed by atoms with Crippen LogP contribution in [0.4, 0.5) is 4.79 Å². The number of nitrogens with one attached hydrogen (secondary N) is 3. The van der Waals surface area contributed by atoms with Crippen molar-refractivity contribution in [1.82, 2.24) is 16.0 Å². The maximum atomic E-state index is 11.3. The van der Waals surface area contributed by atoms with Crippen LogP contribution in [0.2, 0.25) is 0 Å². The highest BCUT2D eigenvalue weighted by atomic mass is 16.4. The Balaban J connectivity index is 2.00. The lowest BCUT2D eigenvalue weighted by molar-refractivity contribution is -0.137. The van der Waals surface area contributed by atoms with Crippen LogP contribution in [0, 0.1) is 5.92 Å². The molecule has 0 radical (unpaired) electrons. The van der Waals surface area contributed by atoms with Crippen molar-refractivity contribution >= 4 is 17.9 Å². The molecule has 0 spiro atoms. The van der Waals surface area contributed by atoms with Crippen LogP contribution in [-0.2, 0) is 9.59 Å². The molecule has 0 bridgehead atoms. The van der Waals surface area contributed by atoms with E-state index in [2.05, 4.69) is 16.0 Å². The Morgan fingerprint density at radius 3 is 2.53 bits per heavy atom. The lowest BCUT2D eigenvalue weighted by Crippen LogP contribution is -2.40. The van der Waals surface area contributed by atoms with Crippen LogP contribution < -0.4 is 16.0 Å².